The molecule has 3 heterocycles. The summed E-state index contributed by atoms with van der Waals surface area (Å²) in [5, 5.41) is 2.03. The van der Waals surface area contributed by atoms with Crippen LogP contribution in [0.25, 0.3) is 10.9 Å². The molecule has 0 spiro atoms. The summed E-state index contributed by atoms with van der Waals surface area (Å²) in [7, 11) is 2.18. The Labute approximate surface area is 174 Å². The lowest BCUT2D eigenvalue weighted by atomic mass is 9.93. The van der Waals surface area contributed by atoms with Crippen LogP contribution in [0.15, 0.2) is 61.2 Å². The third-order valence-corrected chi connectivity index (χ3v) is 5.94. The number of benzene rings is 2. The first-order valence-electron chi connectivity index (χ1n) is 9.88. The van der Waals surface area contributed by atoms with E-state index in [9.17, 15) is 0 Å². The molecular weight excluding hydrogens is 384 g/mol. The van der Waals surface area contributed by atoms with E-state index in [0.717, 1.165) is 35.8 Å². The van der Waals surface area contributed by atoms with Crippen LogP contribution in [0.3, 0.4) is 0 Å². The van der Waals surface area contributed by atoms with Crippen LogP contribution in [0, 0.1) is 0 Å². The molecule has 0 radical (unpaired) electrons. The Hall–Kier alpha value is -2.76. The van der Waals surface area contributed by atoms with Gasteiger partial charge in [0.25, 0.3) is 0 Å². The fourth-order valence-corrected chi connectivity index (χ4v) is 4.41. The molecule has 2 aromatic carbocycles. The maximum absolute atomic E-state index is 6.25. The molecule has 1 atom stereocenters. The molecule has 0 saturated heterocycles. The molecule has 4 aromatic rings. The summed E-state index contributed by atoms with van der Waals surface area (Å²) in [6, 6.07) is 14.7. The molecule has 1 N–H and O–H groups in total. The minimum atomic E-state index is 0.199. The molecule has 1 unspecified atom stereocenters. The van der Waals surface area contributed by atoms with Crippen LogP contribution in [0.5, 0.6) is 5.75 Å². The topological polar surface area (TPSA) is 46.1 Å². The maximum atomic E-state index is 6.25. The van der Waals surface area contributed by atoms with E-state index in [4.69, 9.17) is 16.3 Å². The van der Waals surface area contributed by atoms with Crippen LogP contribution in [-0.4, -0.2) is 39.6 Å². The molecule has 0 saturated carbocycles. The van der Waals surface area contributed by atoms with E-state index >= 15 is 0 Å². The van der Waals surface area contributed by atoms with E-state index in [1.54, 1.807) is 12.5 Å². The highest BCUT2D eigenvalue weighted by Crippen LogP contribution is 2.38. The predicted molar refractivity (Wildman–Crippen MR) is 116 cm³/mol. The van der Waals surface area contributed by atoms with Crippen LogP contribution in [0.2, 0.25) is 5.02 Å². The van der Waals surface area contributed by atoms with Gasteiger partial charge in [0, 0.05) is 40.6 Å². The van der Waals surface area contributed by atoms with Gasteiger partial charge in [0.05, 0.1) is 18.9 Å². The number of fused-ring (bicyclic) bond motifs is 3. The highest BCUT2D eigenvalue weighted by molar-refractivity contribution is 6.31. The van der Waals surface area contributed by atoms with Crippen LogP contribution >= 0.6 is 11.6 Å². The summed E-state index contributed by atoms with van der Waals surface area (Å²) in [6.45, 7) is 2.42. The number of likely N-dealkylation sites (N-methyl/N-ethyl adjacent to an activating group) is 1. The van der Waals surface area contributed by atoms with Gasteiger partial charge in [-0.2, -0.15) is 0 Å². The lowest BCUT2D eigenvalue weighted by Gasteiger charge is -2.33. The van der Waals surface area contributed by atoms with Crippen molar-refractivity contribution in [2.24, 2.45) is 0 Å². The van der Waals surface area contributed by atoms with E-state index in [1.807, 2.05) is 16.8 Å². The molecule has 0 aliphatic carbocycles. The zero-order valence-corrected chi connectivity index (χ0v) is 17.1. The monoisotopic (exact) mass is 406 g/mol. The molecule has 5 rings (SSSR count). The third-order valence-electron chi connectivity index (χ3n) is 5.70. The van der Waals surface area contributed by atoms with Crippen LogP contribution < -0.4 is 4.74 Å². The number of nitrogens with zero attached hydrogens (tertiary/aromatic N) is 3. The van der Waals surface area contributed by atoms with Gasteiger partial charge in [-0.1, -0.05) is 23.7 Å². The number of H-pyrrole nitrogens is 1. The van der Waals surface area contributed by atoms with E-state index < -0.39 is 0 Å². The molecule has 0 amide bonds. The Morgan fingerprint density at radius 2 is 2.07 bits per heavy atom. The molecule has 2 aromatic heterocycles. The lowest BCUT2D eigenvalue weighted by molar-refractivity contribution is 0.261. The molecule has 0 bridgehead atoms. The van der Waals surface area contributed by atoms with Crippen molar-refractivity contribution in [3.05, 3.63) is 83.0 Å². The number of hydrogen-bond donors (Lipinski definition) is 1. The van der Waals surface area contributed by atoms with Gasteiger partial charge in [-0.25, -0.2) is 4.98 Å². The zero-order chi connectivity index (χ0) is 19.8. The quantitative estimate of drug-likeness (QED) is 0.523. The fraction of sp³-hybridized carbons (Fsp3) is 0.261. The largest absolute Gasteiger partial charge is 0.492 e. The van der Waals surface area contributed by atoms with Gasteiger partial charge in [-0.15, -0.1) is 0 Å². The Morgan fingerprint density at radius 1 is 1.21 bits per heavy atom. The van der Waals surface area contributed by atoms with Gasteiger partial charge in [-0.05, 0) is 54.9 Å². The summed E-state index contributed by atoms with van der Waals surface area (Å²) in [6.07, 6.45) is 6.55. The molecule has 1 aliphatic heterocycles. The van der Waals surface area contributed by atoms with Gasteiger partial charge < -0.3 is 14.3 Å². The number of aromatic nitrogens is 3. The van der Waals surface area contributed by atoms with Crippen molar-refractivity contribution < 1.29 is 4.74 Å². The van der Waals surface area contributed by atoms with Crippen LogP contribution in [-0.2, 0) is 13.0 Å². The van der Waals surface area contributed by atoms with Gasteiger partial charge in [0.15, 0.2) is 0 Å². The number of imidazole rings is 1. The van der Waals surface area contributed by atoms with Crippen molar-refractivity contribution >= 4 is 22.5 Å². The van der Waals surface area contributed by atoms with Gasteiger partial charge >= 0.3 is 0 Å². The normalized spacial score (nSPS) is 16.8. The Kier molecular flexibility index (Phi) is 4.78. The summed E-state index contributed by atoms with van der Waals surface area (Å²) in [5.41, 5.74) is 5.06. The third kappa shape index (κ3) is 3.52. The SMILES string of the molecule is CN1CCc2c([nH]c3ccc(Cl)cc23)C1c1ccc(OCCn2ccnc2)cc1. The molecule has 29 heavy (non-hydrogen) atoms. The lowest BCUT2D eigenvalue weighted by Crippen LogP contribution is -2.32. The molecule has 148 valence electrons. The van der Waals surface area contributed by atoms with Crippen LogP contribution in [0.4, 0.5) is 0 Å². The van der Waals surface area contributed by atoms with Crippen molar-refractivity contribution in [1.82, 2.24) is 19.4 Å². The summed E-state index contributed by atoms with van der Waals surface area (Å²) in [5.74, 6) is 0.885. The Balaban J connectivity index is 1.38. The zero-order valence-electron chi connectivity index (χ0n) is 16.3. The van der Waals surface area contributed by atoms with Crippen molar-refractivity contribution in [2.45, 2.75) is 19.0 Å². The van der Waals surface area contributed by atoms with Crippen molar-refractivity contribution in [3.8, 4) is 5.75 Å². The summed E-state index contributed by atoms with van der Waals surface area (Å²) >= 11 is 6.25. The maximum Gasteiger partial charge on any atom is 0.119 e. The van der Waals surface area contributed by atoms with Crippen molar-refractivity contribution in [3.63, 3.8) is 0 Å². The molecule has 1 aliphatic rings. The molecular formula is C23H23ClN4O. The number of hydrogen-bond acceptors (Lipinski definition) is 3. The average Bonchev–Trinajstić information content (AvgIpc) is 3.36. The fourth-order valence-electron chi connectivity index (χ4n) is 4.24. The van der Waals surface area contributed by atoms with Gasteiger partial charge in [0.1, 0.15) is 12.4 Å². The number of aromatic amines is 1. The first kappa shape index (κ1) is 18.3. The van der Waals surface area contributed by atoms with Crippen LogP contribution in [0.1, 0.15) is 22.9 Å². The first-order valence-corrected chi connectivity index (χ1v) is 10.3. The van der Waals surface area contributed by atoms with E-state index in [-0.39, 0.29) is 6.04 Å². The predicted octanol–water partition coefficient (Wildman–Crippen LogP) is 4.67. The van der Waals surface area contributed by atoms with E-state index in [0.29, 0.717) is 6.61 Å². The van der Waals surface area contributed by atoms with E-state index in [1.165, 1.54) is 22.2 Å². The summed E-state index contributed by atoms with van der Waals surface area (Å²) < 4.78 is 7.90. The number of nitrogens with one attached hydrogen (secondary N) is 1. The standard InChI is InChI=1S/C23H23ClN4O/c1-27-10-8-19-20-14-17(24)4-7-21(20)26-22(19)23(27)16-2-5-18(6-3-16)29-13-12-28-11-9-25-15-28/h2-7,9,11,14-15,23,26H,8,10,12-13H2,1H3. The second-order valence-electron chi connectivity index (χ2n) is 7.56. The minimum absolute atomic E-state index is 0.199. The Bertz CT molecular complexity index is 1120. The van der Waals surface area contributed by atoms with Crippen molar-refractivity contribution in [2.75, 3.05) is 20.2 Å². The second kappa shape index (κ2) is 7.58. The van der Waals surface area contributed by atoms with Gasteiger partial charge in [-0.3, -0.25) is 4.90 Å². The van der Waals surface area contributed by atoms with Gasteiger partial charge in [0.2, 0.25) is 0 Å². The number of ether oxygens (including phenoxy) is 1. The number of halogens is 1. The molecule has 6 heteroatoms. The average molecular weight is 407 g/mol. The van der Waals surface area contributed by atoms with Crippen molar-refractivity contribution in [1.29, 1.82) is 0 Å². The second-order valence-corrected chi connectivity index (χ2v) is 7.99. The Morgan fingerprint density at radius 3 is 2.86 bits per heavy atom. The first-order chi connectivity index (χ1) is 14.2. The summed E-state index contributed by atoms with van der Waals surface area (Å²) in [4.78, 5) is 10.1. The minimum Gasteiger partial charge on any atom is -0.492 e. The molecule has 0 fully saturated rings. The number of rotatable bonds is 5. The van der Waals surface area contributed by atoms with E-state index in [2.05, 4.69) is 58.3 Å². The molecule has 5 nitrogen and oxygen atoms in total. The highest BCUT2D eigenvalue weighted by Gasteiger charge is 2.29. The highest BCUT2D eigenvalue weighted by atomic mass is 35.5. The smallest absolute Gasteiger partial charge is 0.119 e.